The van der Waals surface area contributed by atoms with E-state index in [1.54, 1.807) is 13.2 Å². The number of nitrogens with one attached hydrogen (secondary N) is 1. The lowest BCUT2D eigenvalue weighted by Crippen LogP contribution is -2.05. The molecule has 14 heavy (non-hydrogen) atoms. The number of nitrogens with zero attached hydrogens (tertiary/aromatic N) is 2. The Morgan fingerprint density at radius 2 is 2.29 bits per heavy atom. The SMILES string of the molecule is COc1nc(-c2ccc(=O)[nH]n2)cs1. The van der Waals surface area contributed by atoms with Crippen LogP contribution in [0.4, 0.5) is 0 Å². The minimum atomic E-state index is -0.226. The Morgan fingerprint density at radius 1 is 1.43 bits per heavy atom. The standard InChI is InChI=1S/C8H7N3O2S/c1-13-8-9-6(4-14-8)5-2-3-7(12)11-10-5/h2-4H,1H3,(H,11,12). The summed E-state index contributed by atoms with van der Waals surface area (Å²) in [5.74, 6) is 0. The fourth-order valence-corrected chi connectivity index (χ4v) is 1.59. The van der Waals surface area contributed by atoms with Crippen molar-refractivity contribution in [2.75, 3.05) is 7.11 Å². The van der Waals surface area contributed by atoms with Gasteiger partial charge in [0.05, 0.1) is 7.11 Å². The Kier molecular flexibility index (Phi) is 2.28. The van der Waals surface area contributed by atoms with Gasteiger partial charge in [0.2, 0.25) is 0 Å². The third-order valence-corrected chi connectivity index (χ3v) is 2.40. The van der Waals surface area contributed by atoms with Gasteiger partial charge in [0.1, 0.15) is 11.4 Å². The van der Waals surface area contributed by atoms with E-state index in [2.05, 4.69) is 15.2 Å². The highest BCUT2D eigenvalue weighted by Gasteiger charge is 2.05. The molecule has 0 aliphatic rings. The van der Waals surface area contributed by atoms with Crippen molar-refractivity contribution in [3.8, 4) is 16.6 Å². The Balaban J connectivity index is 2.39. The second kappa shape index (κ2) is 3.59. The largest absolute Gasteiger partial charge is 0.473 e. The van der Waals surface area contributed by atoms with E-state index in [-0.39, 0.29) is 5.56 Å². The number of thiazole rings is 1. The average molecular weight is 209 g/mol. The maximum absolute atomic E-state index is 10.8. The molecule has 2 heterocycles. The lowest BCUT2D eigenvalue weighted by molar-refractivity contribution is 0.412. The molecule has 72 valence electrons. The number of hydrogen-bond acceptors (Lipinski definition) is 5. The fourth-order valence-electron chi connectivity index (χ4n) is 0.956. The van der Waals surface area contributed by atoms with E-state index in [1.807, 2.05) is 5.38 Å². The van der Waals surface area contributed by atoms with E-state index >= 15 is 0 Å². The van der Waals surface area contributed by atoms with Gasteiger partial charge in [0.25, 0.3) is 10.8 Å². The molecule has 2 aromatic rings. The fraction of sp³-hybridized carbons (Fsp3) is 0.125. The third kappa shape index (κ3) is 1.64. The summed E-state index contributed by atoms with van der Waals surface area (Å²) in [7, 11) is 1.56. The monoisotopic (exact) mass is 209 g/mol. The van der Waals surface area contributed by atoms with Crippen molar-refractivity contribution < 1.29 is 4.74 Å². The van der Waals surface area contributed by atoms with Gasteiger partial charge >= 0.3 is 0 Å². The molecule has 1 N–H and O–H groups in total. The topological polar surface area (TPSA) is 67.9 Å². The van der Waals surface area contributed by atoms with Gasteiger partial charge in [-0.05, 0) is 6.07 Å². The zero-order valence-electron chi connectivity index (χ0n) is 7.35. The van der Waals surface area contributed by atoms with Crippen LogP contribution in [0.3, 0.4) is 0 Å². The number of ether oxygens (including phenoxy) is 1. The van der Waals surface area contributed by atoms with Crippen LogP contribution in [0.1, 0.15) is 0 Å². The maximum atomic E-state index is 10.8. The number of aromatic nitrogens is 3. The van der Waals surface area contributed by atoms with Crippen molar-refractivity contribution in [2.45, 2.75) is 0 Å². The summed E-state index contributed by atoms with van der Waals surface area (Å²) < 4.78 is 4.95. The summed E-state index contributed by atoms with van der Waals surface area (Å²) in [6.45, 7) is 0. The van der Waals surface area contributed by atoms with Crippen LogP contribution in [0.25, 0.3) is 11.4 Å². The zero-order chi connectivity index (χ0) is 9.97. The molecule has 0 aliphatic heterocycles. The minimum Gasteiger partial charge on any atom is -0.473 e. The average Bonchev–Trinajstić information content (AvgIpc) is 2.67. The molecule has 0 bridgehead atoms. The van der Waals surface area contributed by atoms with Gasteiger partial charge in [-0.15, -0.1) is 0 Å². The van der Waals surface area contributed by atoms with E-state index in [4.69, 9.17) is 4.74 Å². The van der Waals surface area contributed by atoms with Gasteiger partial charge in [0, 0.05) is 11.4 Å². The van der Waals surface area contributed by atoms with Crippen molar-refractivity contribution >= 4 is 11.3 Å². The Labute approximate surface area is 83.4 Å². The smallest absolute Gasteiger partial charge is 0.273 e. The van der Waals surface area contributed by atoms with E-state index in [0.717, 1.165) is 0 Å². The van der Waals surface area contributed by atoms with Crippen LogP contribution in [0.5, 0.6) is 5.19 Å². The van der Waals surface area contributed by atoms with Crippen LogP contribution in [0, 0.1) is 0 Å². The summed E-state index contributed by atoms with van der Waals surface area (Å²) in [5.41, 5.74) is 1.10. The van der Waals surface area contributed by atoms with Crippen molar-refractivity contribution in [3.63, 3.8) is 0 Å². The Hall–Kier alpha value is -1.69. The molecule has 6 heteroatoms. The van der Waals surface area contributed by atoms with Crippen molar-refractivity contribution in [2.24, 2.45) is 0 Å². The summed E-state index contributed by atoms with van der Waals surface area (Å²) in [6.07, 6.45) is 0. The molecule has 0 unspecified atom stereocenters. The van der Waals surface area contributed by atoms with E-state index < -0.39 is 0 Å². The number of rotatable bonds is 2. The molecular formula is C8H7N3O2S. The first kappa shape index (κ1) is 8.89. The van der Waals surface area contributed by atoms with Gasteiger partial charge in [0.15, 0.2) is 0 Å². The molecule has 0 aromatic carbocycles. The van der Waals surface area contributed by atoms with Gasteiger partial charge in [-0.25, -0.2) is 10.1 Å². The first-order valence-electron chi connectivity index (χ1n) is 3.85. The van der Waals surface area contributed by atoms with Gasteiger partial charge < -0.3 is 4.74 Å². The molecule has 2 aromatic heterocycles. The molecular weight excluding hydrogens is 202 g/mol. The van der Waals surface area contributed by atoms with Crippen molar-refractivity contribution in [1.29, 1.82) is 0 Å². The minimum absolute atomic E-state index is 0.226. The maximum Gasteiger partial charge on any atom is 0.273 e. The first-order valence-corrected chi connectivity index (χ1v) is 4.73. The van der Waals surface area contributed by atoms with Crippen LogP contribution >= 0.6 is 11.3 Å². The van der Waals surface area contributed by atoms with E-state index in [1.165, 1.54) is 17.4 Å². The Bertz CT molecular complexity index is 471. The Morgan fingerprint density at radius 3 is 2.86 bits per heavy atom. The third-order valence-electron chi connectivity index (χ3n) is 1.60. The van der Waals surface area contributed by atoms with E-state index in [0.29, 0.717) is 16.6 Å². The highest BCUT2D eigenvalue weighted by molar-refractivity contribution is 7.11. The molecule has 0 amide bonds. The summed E-state index contributed by atoms with van der Waals surface area (Å²) in [6, 6.07) is 3.03. The zero-order valence-corrected chi connectivity index (χ0v) is 8.17. The normalized spacial score (nSPS) is 10.1. The van der Waals surface area contributed by atoms with Crippen LogP contribution in [-0.2, 0) is 0 Å². The summed E-state index contributed by atoms with van der Waals surface area (Å²) in [5, 5.41) is 8.59. The number of H-pyrrole nitrogens is 1. The molecule has 2 rings (SSSR count). The molecule has 0 atom stereocenters. The van der Waals surface area contributed by atoms with E-state index in [9.17, 15) is 4.79 Å². The molecule has 0 radical (unpaired) electrons. The van der Waals surface area contributed by atoms with Crippen LogP contribution < -0.4 is 10.3 Å². The molecule has 0 saturated heterocycles. The number of hydrogen-bond donors (Lipinski definition) is 1. The lowest BCUT2D eigenvalue weighted by atomic mass is 10.3. The predicted octanol–water partition coefficient (Wildman–Crippen LogP) is 0.902. The van der Waals surface area contributed by atoms with Crippen LogP contribution in [0.15, 0.2) is 22.3 Å². The summed E-state index contributed by atoms with van der Waals surface area (Å²) in [4.78, 5) is 14.9. The second-order valence-corrected chi connectivity index (χ2v) is 3.33. The molecule has 0 spiro atoms. The van der Waals surface area contributed by atoms with Crippen molar-refractivity contribution in [3.05, 3.63) is 27.9 Å². The first-order chi connectivity index (χ1) is 6.79. The van der Waals surface area contributed by atoms with Crippen LogP contribution in [0.2, 0.25) is 0 Å². The van der Waals surface area contributed by atoms with Crippen molar-refractivity contribution in [1.82, 2.24) is 15.2 Å². The molecule has 0 fully saturated rings. The predicted molar refractivity (Wildman–Crippen MR) is 52.5 cm³/mol. The highest BCUT2D eigenvalue weighted by Crippen LogP contribution is 2.23. The second-order valence-electron chi connectivity index (χ2n) is 2.51. The molecule has 5 nitrogen and oxygen atoms in total. The molecule has 0 aliphatic carbocycles. The van der Waals surface area contributed by atoms with Gasteiger partial charge in [-0.3, -0.25) is 4.79 Å². The number of aromatic amines is 1. The van der Waals surface area contributed by atoms with Gasteiger partial charge in [-0.2, -0.15) is 5.10 Å². The summed E-state index contributed by atoms with van der Waals surface area (Å²) >= 11 is 1.38. The highest BCUT2D eigenvalue weighted by atomic mass is 32.1. The van der Waals surface area contributed by atoms with Crippen LogP contribution in [-0.4, -0.2) is 22.3 Å². The quantitative estimate of drug-likeness (QED) is 0.798. The lowest BCUT2D eigenvalue weighted by Gasteiger charge is -1.92. The molecule has 0 saturated carbocycles. The van der Waals surface area contributed by atoms with Gasteiger partial charge in [-0.1, -0.05) is 11.3 Å². The number of methoxy groups -OCH3 is 1.